The summed E-state index contributed by atoms with van der Waals surface area (Å²) in [5.41, 5.74) is 1.65. The summed E-state index contributed by atoms with van der Waals surface area (Å²) in [6, 6.07) is 14.2. The quantitative estimate of drug-likeness (QED) is 0.632. The minimum atomic E-state index is -0.248. The molecule has 0 saturated carbocycles. The van der Waals surface area contributed by atoms with E-state index in [0.717, 1.165) is 22.0 Å². The molecule has 0 aliphatic carbocycles. The molecule has 0 aliphatic heterocycles. The largest absolute Gasteiger partial charge is 0.207 e. The van der Waals surface area contributed by atoms with Crippen LogP contribution in [0.3, 0.4) is 0 Å². The van der Waals surface area contributed by atoms with E-state index in [1.807, 2.05) is 24.3 Å². The van der Waals surface area contributed by atoms with Crippen LogP contribution in [0.25, 0.3) is 22.0 Å². The number of rotatable bonds is 1. The highest BCUT2D eigenvalue weighted by molar-refractivity contribution is 5.93. The Labute approximate surface area is 97.7 Å². The molecule has 0 unspecified atom stereocenters. The molecule has 0 radical (unpaired) electrons. The molecule has 3 aromatic rings. The van der Waals surface area contributed by atoms with Gasteiger partial charge >= 0.3 is 0 Å². The fraction of sp³-hybridized carbons (Fsp3) is 0. The van der Waals surface area contributed by atoms with Crippen molar-refractivity contribution in [1.29, 1.82) is 0 Å². The Hall–Kier alpha value is -2.29. The molecule has 3 rings (SSSR count). The van der Waals surface area contributed by atoms with Gasteiger partial charge in [-0.25, -0.2) is 4.39 Å². The van der Waals surface area contributed by atoms with Crippen LogP contribution in [0, 0.1) is 5.82 Å². The van der Waals surface area contributed by atoms with E-state index in [0.29, 0.717) is 0 Å². The maximum absolute atomic E-state index is 12.9. The van der Waals surface area contributed by atoms with Gasteiger partial charge in [0.25, 0.3) is 0 Å². The second kappa shape index (κ2) is 3.94. The molecule has 0 N–H and O–H groups in total. The van der Waals surface area contributed by atoms with Crippen LogP contribution in [-0.4, -0.2) is 10.2 Å². The van der Waals surface area contributed by atoms with Crippen LogP contribution in [0.4, 0.5) is 4.39 Å². The highest BCUT2D eigenvalue weighted by atomic mass is 19.1. The fourth-order valence-electron chi connectivity index (χ4n) is 1.85. The van der Waals surface area contributed by atoms with Crippen molar-refractivity contribution in [3.8, 4) is 11.3 Å². The Morgan fingerprint density at radius 1 is 0.882 bits per heavy atom. The molecule has 1 aromatic heterocycles. The van der Waals surface area contributed by atoms with Gasteiger partial charge in [0.05, 0.1) is 6.20 Å². The molecule has 0 bridgehead atoms. The first-order chi connectivity index (χ1) is 8.34. The van der Waals surface area contributed by atoms with E-state index < -0.39 is 0 Å². The Kier molecular flexibility index (Phi) is 2.29. The zero-order chi connectivity index (χ0) is 11.7. The lowest BCUT2D eigenvalue weighted by atomic mass is 10.1. The highest BCUT2D eigenvalue weighted by Gasteiger charge is 2.05. The molecule has 3 heteroatoms. The van der Waals surface area contributed by atoms with Crippen molar-refractivity contribution in [3.05, 3.63) is 60.5 Å². The van der Waals surface area contributed by atoms with E-state index in [9.17, 15) is 4.39 Å². The lowest BCUT2D eigenvalue weighted by Gasteiger charge is -2.04. The van der Waals surface area contributed by atoms with Crippen LogP contribution in [0.5, 0.6) is 0 Å². The average molecular weight is 224 g/mol. The average Bonchev–Trinajstić information content (AvgIpc) is 2.39. The fourth-order valence-corrected chi connectivity index (χ4v) is 1.85. The third-order valence-electron chi connectivity index (χ3n) is 2.69. The van der Waals surface area contributed by atoms with Crippen molar-refractivity contribution in [2.75, 3.05) is 0 Å². The van der Waals surface area contributed by atoms with E-state index in [2.05, 4.69) is 10.2 Å². The molecule has 82 valence electrons. The zero-order valence-corrected chi connectivity index (χ0v) is 8.97. The van der Waals surface area contributed by atoms with Crippen LogP contribution in [0.1, 0.15) is 0 Å². The van der Waals surface area contributed by atoms with Crippen LogP contribution < -0.4 is 0 Å². The lowest BCUT2D eigenvalue weighted by Crippen LogP contribution is -1.89. The van der Waals surface area contributed by atoms with Gasteiger partial charge in [0.15, 0.2) is 0 Å². The molecular weight excluding hydrogens is 215 g/mol. The molecule has 0 spiro atoms. The van der Waals surface area contributed by atoms with Gasteiger partial charge < -0.3 is 0 Å². The Morgan fingerprint density at radius 3 is 2.47 bits per heavy atom. The molecule has 0 saturated heterocycles. The summed E-state index contributed by atoms with van der Waals surface area (Å²) in [5, 5.41) is 10.2. The van der Waals surface area contributed by atoms with Gasteiger partial charge in [0.1, 0.15) is 11.5 Å². The monoisotopic (exact) mass is 224 g/mol. The van der Waals surface area contributed by atoms with E-state index >= 15 is 0 Å². The van der Waals surface area contributed by atoms with Gasteiger partial charge in [0, 0.05) is 16.3 Å². The third kappa shape index (κ3) is 1.76. The summed E-state index contributed by atoms with van der Waals surface area (Å²) in [5.74, 6) is -0.248. The number of halogens is 1. The zero-order valence-electron chi connectivity index (χ0n) is 8.97. The molecule has 2 aromatic carbocycles. The number of benzene rings is 2. The van der Waals surface area contributed by atoms with Crippen LogP contribution in [-0.2, 0) is 0 Å². The number of nitrogens with zero attached hydrogens (tertiary/aromatic N) is 2. The van der Waals surface area contributed by atoms with Gasteiger partial charge in [-0.2, -0.15) is 5.10 Å². The van der Waals surface area contributed by atoms with Gasteiger partial charge in [-0.1, -0.05) is 24.3 Å². The van der Waals surface area contributed by atoms with Crippen molar-refractivity contribution in [2.24, 2.45) is 0 Å². The van der Waals surface area contributed by atoms with Crippen molar-refractivity contribution >= 4 is 10.8 Å². The summed E-state index contributed by atoms with van der Waals surface area (Å²) >= 11 is 0. The van der Waals surface area contributed by atoms with Crippen LogP contribution in [0.15, 0.2) is 54.7 Å². The standard InChI is InChI=1S/C14H9FN2/c15-12-7-5-10(6-8-12)14-13-4-2-1-3-11(13)9-16-17-14/h1-9H. The first-order valence-corrected chi connectivity index (χ1v) is 5.31. The molecule has 0 aliphatic rings. The minimum Gasteiger partial charge on any atom is -0.207 e. The maximum Gasteiger partial charge on any atom is 0.123 e. The Bertz CT molecular complexity index is 657. The van der Waals surface area contributed by atoms with Crippen molar-refractivity contribution in [1.82, 2.24) is 10.2 Å². The predicted molar refractivity (Wildman–Crippen MR) is 64.9 cm³/mol. The second-order valence-electron chi connectivity index (χ2n) is 3.79. The van der Waals surface area contributed by atoms with Crippen LogP contribution in [0.2, 0.25) is 0 Å². The third-order valence-corrected chi connectivity index (χ3v) is 2.69. The SMILES string of the molecule is Fc1ccc(-c2nncc3ccccc23)cc1. The van der Waals surface area contributed by atoms with Gasteiger partial charge in [-0.3, -0.25) is 0 Å². The molecule has 0 fully saturated rings. The summed E-state index contributed by atoms with van der Waals surface area (Å²) in [4.78, 5) is 0. The number of fused-ring (bicyclic) bond motifs is 1. The smallest absolute Gasteiger partial charge is 0.123 e. The van der Waals surface area contributed by atoms with E-state index in [-0.39, 0.29) is 5.82 Å². The topological polar surface area (TPSA) is 25.8 Å². The van der Waals surface area contributed by atoms with Gasteiger partial charge in [-0.05, 0) is 24.3 Å². The highest BCUT2D eigenvalue weighted by Crippen LogP contribution is 2.25. The summed E-state index contributed by atoms with van der Waals surface area (Å²) in [6.45, 7) is 0. The maximum atomic E-state index is 12.9. The molecular formula is C14H9FN2. The van der Waals surface area contributed by atoms with Gasteiger partial charge in [0.2, 0.25) is 0 Å². The van der Waals surface area contributed by atoms with E-state index in [1.54, 1.807) is 18.3 Å². The number of hydrogen-bond donors (Lipinski definition) is 0. The summed E-state index contributed by atoms with van der Waals surface area (Å²) in [7, 11) is 0. The molecule has 2 nitrogen and oxygen atoms in total. The summed E-state index contributed by atoms with van der Waals surface area (Å²) in [6.07, 6.45) is 1.72. The Morgan fingerprint density at radius 2 is 1.65 bits per heavy atom. The molecule has 0 amide bonds. The lowest BCUT2D eigenvalue weighted by molar-refractivity contribution is 0.628. The normalized spacial score (nSPS) is 10.6. The molecule has 0 atom stereocenters. The van der Waals surface area contributed by atoms with E-state index in [1.165, 1.54) is 12.1 Å². The minimum absolute atomic E-state index is 0.248. The number of aromatic nitrogens is 2. The van der Waals surface area contributed by atoms with Crippen LogP contribution >= 0.6 is 0 Å². The first kappa shape index (κ1) is 9.90. The summed E-state index contributed by atoms with van der Waals surface area (Å²) < 4.78 is 12.9. The van der Waals surface area contributed by atoms with Crippen molar-refractivity contribution in [3.63, 3.8) is 0 Å². The van der Waals surface area contributed by atoms with Crippen molar-refractivity contribution < 1.29 is 4.39 Å². The second-order valence-corrected chi connectivity index (χ2v) is 3.79. The first-order valence-electron chi connectivity index (χ1n) is 5.31. The Balaban J connectivity index is 2.27. The molecule has 1 heterocycles. The van der Waals surface area contributed by atoms with Crippen molar-refractivity contribution in [2.45, 2.75) is 0 Å². The molecule has 17 heavy (non-hydrogen) atoms. The number of hydrogen-bond acceptors (Lipinski definition) is 2. The predicted octanol–water partition coefficient (Wildman–Crippen LogP) is 3.44. The van der Waals surface area contributed by atoms with E-state index in [4.69, 9.17) is 0 Å². The van der Waals surface area contributed by atoms with Gasteiger partial charge in [-0.15, -0.1) is 5.10 Å².